The molecule has 1 aliphatic carbocycles. The quantitative estimate of drug-likeness (QED) is 0.570. The maximum atomic E-state index is 13.1. The lowest BCUT2D eigenvalue weighted by atomic mass is 9.95. The number of aliphatic imine (C=N–C) groups is 1. The Bertz CT molecular complexity index is 1190. The second-order valence-electron chi connectivity index (χ2n) is 7.17. The highest BCUT2D eigenvalue weighted by molar-refractivity contribution is 6.36. The topological polar surface area (TPSA) is 81.9 Å². The number of Topliss-reactive ketones (excluding diaryl/α,β-unsaturated/α-hetero) is 1. The number of nitrogens with one attached hydrogen (secondary N) is 1. The zero-order chi connectivity index (χ0) is 20.0. The number of fused-ring (bicyclic) bond motifs is 2. The van der Waals surface area contributed by atoms with Gasteiger partial charge < -0.3 is 15.5 Å². The highest BCUT2D eigenvalue weighted by Gasteiger charge is 2.34. The molecule has 1 heterocycles. The van der Waals surface area contributed by atoms with Crippen LogP contribution in [0, 0.1) is 0 Å². The molecule has 0 saturated carbocycles. The Labute approximate surface area is 167 Å². The number of ketones is 1. The molecule has 142 valence electrons. The van der Waals surface area contributed by atoms with Gasteiger partial charge in [-0.1, -0.05) is 48.5 Å². The summed E-state index contributed by atoms with van der Waals surface area (Å²) in [6.45, 7) is 0. The van der Waals surface area contributed by atoms with Crippen molar-refractivity contribution in [2.45, 2.75) is 12.5 Å². The van der Waals surface area contributed by atoms with Crippen LogP contribution in [-0.4, -0.2) is 21.7 Å². The van der Waals surface area contributed by atoms with Gasteiger partial charge in [0.1, 0.15) is 11.5 Å². The average molecular weight is 382 g/mol. The van der Waals surface area contributed by atoms with E-state index >= 15 is 0 Å². The van der Waals surface area contributed by atoms with Gasteiger partial charge in [-0.15, -0.1) is 0 Å². The number of phenolic OH excluding ortho intramolecular Hbond substituents is 1. The van der Waals surface area contributed by atoms with Crippen molar-refractivity contribution >= 4 is 28.6 Å². The number of aliphatic hydroxyl groups excluding tert-OH is 1. The molecule has 5 rings (SSSR count). The fourth-order valence-electron chi connectivity index (χ4n) is 3.91. The number of nitrogens with zero attached hydrogens (tertiary/aromatic N) is 1. The van der Waals surface area contributed by atoms with Gasteiger partial charge in [0.25, 0.3) is 0 Å². The molecular weight excluding hydrogens is 364 g/mol. The van der Waals surface area contributed by atoms with Crippen molar-refractivity contribution in [1.29, 1.82) is 0 Å². The number of hydrogen-bond donors (Lipinski definition) is 3. The molecule has 0 unspecified atom stereocenters. The van der Waals surface area contributed by atoms with Crippen LogP contribution in [0.2, 0.25) is 0 Å². The SMILES string of the molecule is O=C1C(C2=Nc3ccccc3N[C@@H](c3ccc(O)cc3)C2)=C(O)c2ccccc21. The number of carbonyl (C=O) groups is 1. The minimum absolute atomic E-state index is 0.0202. The molecule has 1 atom stereocenters. The number of phenols is 1. The lowest BCUT2D eigenvalue weighted by Gasteiger charge is -2.19. The largest absolute Gasteiger partial charge is 0.508 e. The van der Waals surface area contributed by atoms with E-state index in [4.69, 9.17) is 4.99 Å². The Kier molecular flexibility index (Phi) is 3.95. The van der Waals surface area contributed by atoms with E-state index in [9.17, 15) is 15.0 Å². The van der Waals surface area contributed by atoms with Gasteiger partial charge in [-0.2, -0.15) is 0 Å². The molecule has 5 heteroatoms. The molecule has 3 aromatic rings. The third-order valence-electron chi connectivity index (χ3n) is 5.36. The number of anilines is 1. The van der Waals surface area contributed by atoms with Gasteiger partial charge in [-0.25, -0.2) is 0 Å². The molecule has 0 radical (unpaired) electrons. The lowest BCUT2D eigenvalue weighted by Crippen LogP contribution is -2.17. The molecule has 0 bridgehead atoms. The summed E-state index contributed by atoms with van der Waals surface area (Å²) in [6, 6.07) is 21.5. The molecule has 0 aromatic heterocycles. The molecule has 1 aliphatic heterocycles. The van der Waals surface area contributed by atoms with Gasteiger partial charge in [0.05, 0.1) is 28.7 Å². The second-order valence-corrected chi connectivity index (χ2v) is 7.17. The van der Waals surface area contributed by atoms with Crippen LogP contribution in [0.1, 0.15) is 33.9 Å². The minimum atomic E-state index is -0.208. The van der Waals surface area contributed by atoms with Crippen molar-refractivity contribution in [3.8, 4) is 5.75 Å². The normalized spacial score (nSPS) is 17.9. The zero-order valence-electron chi connectivity index (χ0n) is 15.5. The third kappa shape index (κ3) is 2.88. The van der Waals surface area contributed by atoms with Crippen molar-refractivity contribution in [2.75, 3.05) is 5.32 Å². The van der Waals surface area contributed by atoms with E-state index in [1.807, 2.05) is 36.4 Å². The first kappa shape index (κ1) is 17.3. The van der Waals surface area contributed by atoms with Crippen molar-refractivity contribution in [3.63, 3.8) is 0 Å². The van der Waals surface area contributed by atoms with Gasteiger partial charge in [0.2, 0.25) is 0 Å². The van der Waals surface area contributed by atoms with Crippen LogP contribution in [0.3, 0.4) is 0 Å². The number of para-hydroxylation sites is 2. The number of rotatable bonds is 2. The van der Waals surface area contributed by atoms with E-state index in [-0.39, 0.29) is 28.9 Å². The van der Waals surface area contributed by atoms with Gasteiger partial charge in [0, 0.05) is 17.5 Å². The average Bonchev–Trinajstić information content (AvgIpc) is 2.88. The highest BCUT2D eigenvalue weighted by atomic mass is 16.3. The van der Waals surface area contributed by atoms with Crippen LogP contribution in [0.4, 0.5) is 11.4 Å². The summed E-state index contributed by atoms with van der Waals surface area (Å²) < 4.78 is 0. The predicted molar refractivity (Wildman–Crippen MR) is 113 cm³/mol. The second kappa shape index (κ2) is 6.63. The summed E-state index contributed by atoms with van der Waals surface area (Å²) in [5, 5.41) is 23.9. The number of allylic oxidation sites excluding steroid dienone is 1. The Morgan fingerprint density at radius 3 is 2.31 bits per heavy atom. The first-order valence-corrected chi connectivity index (χ1v) is 9.41. The lowest BCUT2D eigenvalue weighted by molar-refractivity contribution is 0.104. The van der Waals surface area contributed by atoms with Gasteiger partial charge >= 0.3 is 0 Å². The van der Waals surface area contributed by atoms with Crippen molar-refractivity contribution in [1.82, 2.24) is 0 Å². The maximum Gasteiger partial charge on any atom is 0.199 e. The fraction of sp³-hybridized carbons (Fsp3) is 0.0833. The third-order valence-corrected chi connectivity index (χ3v) is 5.36. The summed E-state index contributed by atoms with van der Waals surface area (Å²) in [4.78, 5) is 17.8. The monoisotopic (exact) mass is 382 g/mol. The highest BCUT2D eigenvalue weighted by Crippen LogP contribution is 2.39. The van der Waals surface area contributed by atoms with E-state index in [0.29, 0.717) is 28.9 Å². The number of carbonyl (C=O) groups excluding carboxylic acids is 1. The standard InChI is InChI=1S/C24H18N2O3/c27-15-11-9-14(10-12-15)20-13-21(26-19-8-4-3-7-18(19)25-20)22-23(28)16-5-1-2-6-17(16)24(22)29/h1-12,20,25,27-28H,13H2/t20-/m1/s1. The number of hydrogen-bond acceptors (Lipinski definition) is 5. The Balaban J connectivity index is 1.64. The fourth-order valence-corrected chi connectivity index (χ4v) is 3.91. The van der Waals surface area contributed by atoms with Crippen LogP contribution in [-0.2, 0) is 0 Å². The molecule has 29 heavy (non-hydrogen) atoms. The van der Waals surface area contributed by atoms with Gasteiger partial charge in [-0.3, -0.25) is 9.79 Å². The summed E-state index contributed by atoms with van der Waals surface area (Å²) in [7, 11) is 0. The molecular formula is C24H18N2O3. The first-order chi connectivity index (χ1) is 14.1. The molecule has 0 amide bonds. The Morgan fingerprint density at radius 2 is 1.55 bits per heavy atom. The first-order valence-electron chi connectivity index (χ1n) is 9.41. The summed E-state index contributed by atoms with van der Waals surface area (Å²) in [5.74, 6) is -0.0349. The van der Waals surface area contributed by atoms with Gasteiger partial charge in [-0.05, 0) is 29.8 Å². The maximum absolute atomic E-state index is 13.1. The van der Waals surface area contributed by atoms with E-state index in [1.54, 1.807) is 36.4 Å². The number of aromatic hydroxyl groups is 1. The van der Waals surface area contributed by atoms with Crippen LogP contribution in [0.5, 0.6) is 5.75 Å². The van der Waals surface area contributed by atoms with Crippen molar-refractivity contribution < 1.29 is 15.0 Å². The summed E-state index contributed by atoms with van der Waals surface area (Å²) in [6.07, 6.45) is 0.415. The Hall–Kier alpha value is -3.86. The van der Waals surface area contributed by atoms with Crippen LogP contribution in [0.25, 0.3) is 5.76 Å². The minimum Gasteiger partial charge on any atom is -0.508 e. The molecule has 5 nitrogen and oxygen atoms in total. The number of aliphatic hydroxyl groups is 1. The molecule has 3 aromatic carbocycles. The number of benzene rings is 3. The van der Waals surface area contributed by atoms with E-state index in [0.717, 1.165) is 11.3 Å². The summed E-state index contributed by atoms with van der Waals surface area (Å²) >= 11 is 0. The molecule has 0 saturated heterocycles. The van der Waals surface area contributed by atoms with Crippen molar-refractivity contribution in [3.05, 3.63) is 95.1 Å². The smallest absolute Gasteiger partial charge is 0.199 e. The van der Waals surface area contributed by atoms with Crippen molar-refractivity contribution in [2.24, 2.45) is 4.99 Å². The Morgan fingerprint density at radius 1 is 0.862 bits per heavy atom. The summed E-state index contributed by atoms with van der Waals surface area (Å²) in [5.41, 5.74) is 4.36. The van der Waals surface area contributed by atoms with E-state index in [2.05, 4.69) is 5.32 Å². The van der Waals surface area contributed by atoms with Gasteiger partial charge in [0.15, 0.2) is 5.78 Å². The van der Waals surface area contributed by atoms with E-state index in [1.165, 1.54) is 0 Å². The molecule has 2 aliphatic rings. The van der Waals surface area contributed by atoms with E-state index < -0.39 is 0 Å². The van der Waals surface area contributed by atoms with Crippen LogP contribution >= 0.6 is 0 Å². The molecule has 3 N–H and O–H groups in total. The predicted octanol–water partition coefficient (Wildman–Crippen LogP) is 5.19. The molecule has 0 fully saturated rings. The zero-order valence-corrected chi connectivity index (χ0v) is 15.5. The molecule has 0 spiro atoms. The van der Waals surface area contributed by atoms with Crippen LogP contribution in [0.15, 0.2) is 83.4 Å². The van der Waals surface area contributed by atoms with Crippen LogP contribution < -0.4 is 5.32 Å².